The first-order valence-electron chi connectivity index (χ1n) is 4.07. The van der Waals surface area contributed by atoms with Gasteiger partial charge in [-0.1, -0.05) is 0 Å². The Morgan fingerprint density at radius 3 is 1.92 bits per heavy atom. The molecule has 5 heteroatoms. The molecule has 2 N–H and O–H groups in total. The van der Waals surface area contributed by atoms with Crippen LogP contribution in [0.3, 0.4) is 0 Å². The van der Waals surface area contributed by atoms with Gasteiger partial charge in [0.15, 0.2) is 0 Å². The van der Waals surface area contributed by atoms with E-state index in [9.17, 15) is 9.59 Å². The Balaban J connectivity index is 3.71. The topological polar surface area (TPSA) is 58.9 Å². The second-order valence-corrected chi connectivity index (χ2v) is 5.28. The molecule has 0 saturated carbocycles. The quantitative estimate of drug-likeness (QED) is 0.618. The van der Waals surface area contributed by atoms with Gasteiger partial charge in [0.2, 0.25) is 0 Å². The monoisotopic (exact) mass is 194 g/mol. The molecule has 0 spiro atoms. The third-order valence-corrected chi connectivity index (χ3v) is 2.42. The number of hydrogen-bond donors (Lipinski definition) is 2. The van der Waals surface area contributed by atoms with Gasteiger partial charge in [-0.3, -0.25) is 0 Å². The second kappa shape index (κ2) is 4.93. The van der Waals surface area contributed by atoms with Crippen LogP contribution >= 0.6 is 0 Å². The van der Waals surface area contributed by atoms with Crippen LogP contribution in [0.15, 0.2) is 0 Å². The summed E-state index contributed by atoms with van der Waals surface area (Å²) in [6, 6.07) is 0. The first-order valence-corrected chi connectivity index (χ1v) is 6.08. The molecule has 12 heavy (non-hydrogen) atoms. The Morgan fingerprint density at radius 2 is 1.58 bits per heavy atom. The highest BCUT2D eigenvalue weighted by Gasteiger charge is 2.34. The molecule has 0 aromatic carbocycles. The van der Waals surface area contributed by atoms with Crippen LogP contribution in [0.2, 0.25) is 0 Å². The molecule has 0 unspecified atom stereocenters. The predicted molar refractivity (Wildman–Crippen MR) is 47.5 cm³/mol. The zero-order chi connectivity index (χ0) is 9.78. The summed E-state index contributed by atoms with van der Waals surface area (Å²) in [7, 11) is -3.55. The van der Waals surface area contributed by atoms with E-state index in [2.05, 4.69) is 0 Å². The highest BCUT2D eigenvalue weighted by atomic mass is 28.4. The van der Waals surface area contributed by atoms with E-state index in [1.54, 1.807) is 13.8 Å². The van der Waals surface area contributed by atoms with Gasteiger partial charge in [0, 0.05) is 6.10 Å². The molecule has 0 aliphatic heterocycles. The zero-order valence-corrected chi connectivity index (χ0v) is 9.07. The molecular weight excluding hydrogens is 176 g/mol. The van der Waals surface area contributed by atoms with Crippen molar-refractivity contribution in [3.63, 3.8) is 0 Å². The first-order chi connectivity index (χ1) is 5.33. The summed E-state index contributed by atoms with van der Waals surface area (Å²) in [5, 5.41) is 0. The van der Waals surface area contributed by atoms with Crippen LogP contribution in [0.4, 0.5) is 0 Å². The average molecular weight is 194 g/mol. The summed E-state index contributed by atoms with van der Waals surface area (Å²) in [6.07, 6.45) is -0.280. The summed E-state index contributed by atoms with van der Waals surface area (Å²) in [5.41, 5.74) is 0. The molecule has 0 atom stereocenters. The van der Waals surface area contributed by atoms with Gasteiger partial charge in [-0.05, 0) is 27.7 Å². The van der Waals surface area contributed by atoms with Crippen molar-refractivity contribution in [1.29, 1.82) is 0 Å². The van der Waals surface area contributed by atoms with E-state index in [0.29, 0.717) is 0 Å². The summed E-state index contributed by atoms with van der Waals surface area (Å²) < 4.78 is 9.96. The Bertz CT molecular complexity index is 125. The molecule has 0 bridgehead atoms. The van der Waals surface area contributed by atoms with E-state index in [0.717, 1.165) is 0 Å². The SMILES string of the molecule is CC(C)OC[Si](O)(O)OC(C)C. The molecule has 0 radical (unpaired) electrons. The van der Waals surface area contributed by atoms with Crippen LogP contribution in [0.25, 0.3) is 0 Å². The summed E-state index contributed by atoms with van der Waals surface area (Å²) in [6.45, 7) is 7.17. The van der Waals surface area contributed by atoms with E-state index in [-0.39, 0.29) is 18.4 Å². The van der Waals surface area contributed by atoms with E-state index in [4.69, 9.17) is 9.16 Å². The fraction of sp³-hybridized carbons (Fsp3) is 1.00. The van der Waals surface area contributed by atoms with E-state index in [1.165, 1.54) is 0 Å². The normalized spacial score (nSPS) is 13.0. The van der Waals surface area contributed by atoms with Gasteiger partial charge in [0.05, 0.1) is 6.10 Å². The molecule has 0 rings (SSSR count). The number of rotatable bonds is 5. The lowest BCUT2D eigenvalue weighted by Gasteiger charge is -2.21. The Kier molecular flexibility index (Phi) is 4.96. The van der Waals surface area contributed by atoms with E-state index >= 15 is 0 Å². The number of hydrogen-bond acceptors (Lipinski definition) is 4. The van der Waals surface area contributed by atoms with Crippen LogP contribution in [0.1, 0.15) is 27.7 Å². The predicted octanol–water partition coefficient (Wildman–Crippen LogP) is 0.299. The molecule has 4 nitrogen and oxygen atoms in total. The first kappa shape index (κ1) is 12.1. The lowest BCUT2D eigenvalue weighted by molar-refractivity contribution is 0.0359. The van der Waals surface area contributed by atoms with E-state index in [1.807, 2.05) is 13.8 Å². The van der Waals surface area contributed by atoms with Gasteiger partial charge in [0.25, 0.3) is 0 Å². The fourth-order valence-corrected chi connectivity index (χ4v) is 2.06. The Hall–Kier alpha value is 0.0569. The van der Waals surface area contributed by atoms with Crippen molar-refractivity contribution < 1.29 is 18.8 Å². The number of ether oxygens (including phenoxy) is 1. The molecular formula is C7H18O4Si. The maximum absolute atomic E-state index is 9.28. The highest BCUT2D eigenvalue weighted by molar-refractivity contribution is 6.57. The lowest BCUT2D eigenvalue weighted by atomic mass is 10.5. The highest BCUT2D eigenvalue weighted by Crippen LogP contribution is 2.03. The summed E-state index contributed by atoms with van der Waals surface area (Å²) in [4.78, 5) is 18.6. The zero-order valence-electron chi connectivity index (χ0n) is 8.07. The molecule has 0 aromatic heterocycles. The van der Waals surface area contributed by atoms with Crippen molar-refractivity contribution in [3.8, 4) is 0 Å². The van der Waals surface area contributed by atoms with Crippen molar-refractivity contribution in [3.05, 3.63) is 0 Å². The third kappa shape index (κ3) is 6.75. The van der Waals surface area contributed by atoms with Gasteiger partial charge >= 0.3 is 8.80 Å². The van der Waals surface area contributed by atoms with Crippen molar-refractivity contribution >= 4 is 8.80 Å². The molecule has 0 fully saturated rings. The minimum Gasteiger partial charge on any atom is -0.388 e. The van der Waals surface area contributed by atoms with Crippen LogP contribution in [0, 0.1) is 0 Å². The maximum atomic E-state index is 9.28. The summed E-state index contributed by atoms with van der Waals surface area (Å²) >= 11 is 0. The van der Waals surface area contributed by atoms with Gasteiger partial charge in [-0.25, -0.2) is 0 Å². The van der Waals surface area contributed by atoms with Crippen LogP contribution in [-0.4, -0.2) is 36.8 Å². The van der Waals surface area contributed by atoms with Crippen molar-refractivity contribution in [2.24, 2.45) is 0 Å². The van der Waals surface area contributed by atoms with E-state index < -0.39 is 8.80 Å². The second-order valence-electron chi connectivity index (χ2n) is 3.27. The van der Waals surface area contributed by atoms with Crippen LogP contribution in [-0.2, 0) is 9.16 Å². The molecule has 0 aliphatic rings. The van der Waals surface area contributed by atoms with Crippen molar-refractivity contribution in [2.75, 3.05) is 6.23 Å². The smallest absolute Gasteiger partial charge is 0.388 e. The molecule has 0 saturated heterocycles. The average Bonchev–Trinajstić information content (AvgIpc) is 1.81. The van der Waals surface area contributed by atoms with Crippen molar-refractivity contribution in [2.45, 2.75) is 39.9 Å². The van der Waals surface area contributed by atoms with Gasteiger partial charge in [-0.2, -0.15) is 0 Å². The molecule has 0 amide bonds. The van der Waals surface area contributed by atoms with Crippen LogP contribution < -0.4 is 0 Å². The minimum absolute atomic E-state index is 0.00747. The standard InChI is InChI=1S/C7H18O4Si/c1-6(2)10-5-12(8,9)11-7(3)4/h6-9H,5H2,1-4H3. The molecule has 0 aromatic rings. The van der Waals surface area contributed by atoms with Gasteiger partial charge in [-0.15, -0.1) is 0 Å². The Morgan fingerprint density at radius 1 is 1.08 bits per heavy atom. The molecule has 74 valence electrons. The molecule has 0 heterocycles. The third-order valence-electron chi connectivity index (χ3n) is 1.03. The van der Waals surface area contributed by atoms with Gasteiger partial charge < -0.3 is 18.8 Å². The minimum atomic E-state index is -3.55. The lowest BCUT2D eigenvalue weighted by Crippen LogP contribution is -2.47. The van der Waals surface area contributed by atoms with Gasteiger partial charge in [0.1, 0.15) is 6.23 Å². The van der Waals surface area contributed by atoms with Crippen LogP contribution in [0.5, 0.6) is 0 Å². The maximum Gasteiger partial charge on any atom is 0.522 e. The largest absolute Gasteiger partial charge is 0.522 e. The summed E-state index contributed by atoms with van der Waals surface area (Å²) in [5.74, 6) is 0. The molecule has 0 aliphatic carbocycles. The Labute approximate surface area is 74.5 Å². The van der Waals surface area contributed by atoms with Crippen molar-refractivity contribution in [1.82, 2.24) is 0 Å². The fourth-order valence-electron chi connectivity index (χ4n) is 0.687.